The quantitative estimate of drug-likeness (QED) is 0.474. The molecule has 1 fully saturated rings. The van der Waals surface area contributed by atoms with Gasteiger partial charge in [0.2, 0.25) is 10.0 Å². The Morgan fingerprint density at radius 3 is 2.64 bits per heavy atom. The second-order valence-corrected chi connectivity index (χ2v) is 13.6. The molecule has 2 N–H and O–H groups in total. The van der Waals surface area contributed by atoms with Crippen LogP contribution in [-0.4, -0.2) is 44.2 Å². The maximum atomic E-state index is 13.1. The van der Waals surface area contributed by atoms with Crippen molar-refractivity contribution in [3.63, 3.8) is 0 Å². The molecule has 1 aliphatic rings. The van der Waals surface area contributed by atoms with Crippen molar-refractivity contribution >= 4 is 70.4 Å². The number of nitrogens with two attached hydrogens (primary N) is 1. The summed E-state index contributed by atoms with van der Waals surface area (Å²) in [6.45, 7) is 4.25. The van der Waals surface area contributed by atoms with E-state index in [-0.39, 0.29) is 15.6 Å². The Bertz CT molecular complexity index is 1540. The smallest absolute Gasteiger partial charge is 0.266 e. The first-order valence-corrected chi connectivity index (χ1v) is 14.6. The van der Waals surface area contributed by atoms with Crippen LogP contribution in [0.25, 0.3) is 10.2 Å². The lowest BCUT2D eigenvalue weighted by Crippen LogP contribution is -2.40. The first kappa shape index (κ1) is 24.3. The molecule has 3 heterocycles. The molecule has 3 aromatic rings. The minimum atomic E-state index is -3.90. The third kappa shape index (κ3) is 4.71. The molecule has 1 saturated heterocycles. The van der Waals surface area contributed by atoms with E-state index in [2.05, 4.69) is 11.6 Å². The van der Waals surface area contributed by atoms with Gasteiger partial charge in [-0.25, -0.2) is 22.0 Å². The van der Waals surface area contributed by atoms with Gasteiger partial charge in [0.25, 0.3) is 15.9 Å². The van der Waals surface area contributed by atoms with E-state index in [1.54, 1.807) is 16.7 Å². The fourth-order valence-electron chi connectivity index (χ4n) is 3.62. The predicted molar refractivity (Wildman–Crippen MR) is 128 cm³/mol. The van der Waals surface area contributed by atoms with Gasteiger partial charge in [0.05, 0.1) is 19.4 Å². The summed E-state index contributed by atoms with van der Waals surface area (Å²) in [7, 11) is -7.78. The minimum Gasteiger partial charge on any atom is -0.313 e. The van der Waals surface area contributed by atoms with Crippen molar-refractivity contribution in [2.45, 2.75) is 34.5 Å². The number of sulfonamides is 2. The molecule has 176 valence electrons. The average molecular weight is 547 g/mol. The van der Waals surface area contributed by atoms with Crippen LogP contribution in [0.3, 0.4) is 0 Å². The van der Waals surface area contributed by atoms with E-state index in [4.69, 9.17) is 16.7 Å². The highest BCUT2D eigenvalue weighted by Crippen LogP contribution is 2.32. The number of halogens is 1. The van der Waals surface area contributed by atoms with Crippen LogP contribution in [0.15, 0.2) is 57.1 Å². The highest BCUT2D eigenvalue weighted by atomic mass is 35.5. The Morgan fingerprint density at radius 1 is 1.24 bits per heavy atom. The van der Waals surface area contributed by atoms with Gasteiger partial charge in [-0.3, -0.25) is 4.79 Å². The number of aromatic nitrogens is 1. The van der Waals surface area contributed by atoms with E-state index in [0.29, 0.717) is 38.7 Å². The van der Waals surface area contributed by atoms with Gasteiger partial charge in [-0.1, -0.05) is 29.0 Å². The fourth-order valence-corrected chi connectivity index (χ4v) is 8.58. The summed E-state index contributed by atoms with van der Waals surface area (Å²) in [5.41, 5.74) is 0.656. The van der Waals surface area contributed by atoms with Gasteiger partial charge in [0.15, 0.2) is 4.80 Å². The summed E-state index contributed by atoms with van der Waals surface area (Å²) in [4.78, 5) is 17.6. The standard InChI is InChI=1S/C19H19ClN4O5S4/c1-2-9-23-13-6-5-12(32(21,26)27)11-15(13)30-19(23)22-18(25)14-4-3-10-24(14)33(28,29)17-8-7-16(20)31-17/h2,5-8,11,14H,1,3-4,9-10H2,(H2,21,26,27). The number of hydrogen-bond acceptors (Lipinski definition) is 7. The molecule has 4 rings (SSSR count). The van der Waals surface area contributed by atoms with Crippen molar-refractivity contribution in [1.29, 1.82) is 0 Å². The molecule has 33 heavy (non-hydrogen) atoms. The molecule has 0 spiro atoms. The highest BCUT2D eigenvalue weighted by molar-refractivity contribution is 7.91. The van der Waals surface area contributed by atoms with E-state index >= 15 is 0 Å². The number of hydrogen-bond donors (Lipinski definition) is 1. The predicted octanol–water partition coefficient (Wildman–Crippen LogP) is 2.53. The first-order valence-electron chi connectivity index (χ1n) is 9.65. The van der Waals surface area contributed by atoms with Gasteiger partial charge < -0.3 is 4.57 Å². The van der Waals surface area contributed by atoms with Crippen LogP contribution in [0, 0.1) is 0 Å². The molecule has 0 radical (unpaired) electrons. The van der Waals surface area contributed by atoms with Crippen LogP contribution in [0.5, 0.6) is 0 Å². The van der Waals surface area contributed by atoms with Gasteiger partial charge >= 0.3 is 0 Å². The number of primary sulfonamides is 1. The molecule has 1 unspecified atom stereocenters. The Kier molecular flexibility index (Phi) is 6.66. The third-order valence-electron chi connectivity index (χ3n) is 5.10. The normalized spacial score (nSPS) is 18.2. The van der Waals surface area contributed by atoms with E-state index in [0.717, 1.165) is 22.7 Å². The Hall–Kier alpha value is -1.87. The number of nitrogens with zero attached hydrogens (tertiary/aromatic N) is 3. The lowest BCUT2D eigenvalue weighted by atomic mass is 10.2. The van der Waals surface area contributed by atoms with Crippen molar-refractivity contribution in [1.82, 2.24) is 8.87 Å². The highest BCUT2D eigenvalue weighted by Gasteiger charge is 2.40. The van der Waals surface area contributed by atoms with Gasteiger partial charge in [0, 0.05) is 13.1 Å². The van der Waals surface area contributed by atoms with Crippen molar-refractivity contribution in [3.8, 4) is 0 Å². The molecule has 1 amide bonds. The summed E-state index contributed by atoms with van der Waals surface area (Å²) < 4.78 is 53.4. The topological polar surface area (TPSA) is 132 Å². The number of carbonyl (C=O) groups excluding carboxylic acids is 1. The van der Waals surface area contributed by atoms with E-state index < -0.39 is 32.0 Å². The van der Waals surface area contributed by atoms with Crippen LogP contribution in [0.1, 0.15) is 12.8 Å². The zero-order chi connectivity index (χ0) is 24.0. The van der Waals surface area contributed by atoms with Gasteiger partial charge in [0.1, 0.15) is 10.3 Å². The second-order valence-electron chi connectivity index (χ2n) is 7.24. The number of fused-ring (bicyclic) bond motifs is 1. The number of amides is 1. The molecule has 0 saturated carbocycles. The second kappa shape index (κ2) is 9.06. The SMILES string of the molecule is C=CCn1c(=NC(=O)C2CCCN2S(=O)(=O)c2ccc(Cl)s2)sc2cc(S(N)(=O)=O)ccc21. The van der Waals surface area contributed by atoms with Gasteiger partial charge in [-0.05, 0) is 43.2 Å². The summed E-state index contributed by atoms with van der Waals surface area (Å²) in [5.74, 6) is -0.588. The molecule has 1 atom stereocenters. The molecule has 9 nitrogen and oxygen atoms in total. The number of carbonyl (C=O) groups is 1. The molecule has 0 bridgehead atoms. The van der Waals surface area contributed by atoms with Crippen LogP contribution in [0.2, 0.25) is 4.34 Å². The maximum Gasteiger partial charge on any atom is 0.266 e. The van der Waals surface area contributed by atoms with Crippen LogP contribution < -0.4 is 9.94 Å². The number of benzene rings is 1. The van der Waals surface area contributed by atoms with Crippen molar-refractivity contribution in [2.75, 3.05) is 6.54 Å². The number of thiazole rings is 1. The number of rotatable bonds is 6. The fraction of sp³-hybridized carbons (Fsp3) is 0.263. The molecule has 1 aliphatic heterocycles. The lowest BCUT2D eigenvalue weighted by Gasteiger charge is -2.20. The lowest BCUT2D eigenvalue weighted by molar-refractivity contribution is -0.121. The zero-order valence-corrected chi connectivity index (χ0v) is 21.1. The summed E-state index contributed by atoms with van der Waals surface area (Å²) in [5, 5.41) is 5.23. The average Bonchev–Trinajstić information content (AvgIpc) is 3.46. The molecular formula is C19H19ClN4O5S4. The van der Waals surface area contributed by atoms with E-state index in [1.807, 2.05) is 0 Å². The van der Waals surface area contributed by atoms with Crippen LogP contribution in [0.4, 0.5) is 0 Å². The Balaban J connectivity index is 1.76. The zero-order valence-electron chi connectivity index (χ0n) is 17.0. The Morgan fingerprint density at radius 2 is 2.00 bits per heavy atom. The largest absolute Gasteiger partial charge is 0.313 e. The minimum absolute atomic E-state index is 0.0532. The van der Waals surface area contributed by atoms with Crippen LogP contribution in [-0.2, 0) is 31.4 Å². The molecule has 14 heteroatoms. The Labute approximate surface area is 203 Å². The van der Waals surface area contributed by atoms with Crippen molar-refractivity contribution in [3.05, 3.63) is 52.1 Å². The van der Waals surface area contributed by atoms with Crippen LogP contribution >= 0.6 is 34.3 Å². The van der Waals surface area contributed by atoms with Crippen molar-refractivity contribution < 1.29 is 21.6 Å². The van der Waals surface area contributed by atoms with Gasteiger partial charge in [-0.15, -0.1) is 17.9 Å². The van der Waals surface area contributed by atoms with E-state index in [1.165, 1.54) is 28.6 Å². The summed E-state index contributed by atoms with van der Waals surface area (Å²) in [6, 6.07) is 6.39. The monoisotopic (exact) mass is 546 g/mol. The molecule has 2 aromatic heterocycles. The summed E-state index contributed by atoms with van der Waals surface area (Å²) >= 11 is 7.95. The summed E-state index contributed by atoms with van der Waals surface area (Å²) in [6.07, 6.45) is 2.50. The van der Waals surface area contributed by atoms with Gasteiger partial charge in [-0.2, -0.15) is 9.30 Å². The molecule has 1 aromatic carbocycles. The van der Waals surface area contributed by atoms with Crippen molar-refractivity contribution in [2.24, 2.45) is 10.1 Å². The first-order chi connectivity index (χ1) is 15.5. The third-order valence-corrected chi connectivity index (χ3v) is 10.7. The molecule has 0 aliphatic carbocycles. The number of allylic oxidation sites excluding steroid dienone is 1. The number of thiophene rings is 1. The van der Waals surface area contributed by atoms with E-state index in [9.17, 15) is 21.6 Å². The molecular weight excluding hydrogens is 528 g/mol. The maximum absolute atomic E-state index is 13.1.